The lowest BCUT2D eigenvalue weighted by molar-refractivity contribution is -0.163. The van der Waals surface area contributed by atoms with Gasteiger partial charge in [-0.15, -0.1) is 11.8 Å². The number of β-lactam (4-membered cyclic amide) rings is 1. The molecule has 9 heteroatoms. The van der Waals surface area contributed by atoms with E-state index in [-0.39, 0.29) is 34.7 Å². The third kappa shape index (κ3) is 3.76. The second kappa shape index (κ2) is 8.51. The van der Waals surface area contributed by atoms with Crippen molar-refractivity contribution in [2.45, 2.75) is 56.9 Å². The number of aliphatic carboxylic acids is 1. The molecule has 0 unspecified atom stereocenters. The number of nitrogens with zero attached hydrogens (tertiary/aromatic N) is 3. The van der Waals surface area contributed by atoms with E-state index < -0.39 is 18.0 Å². The second-order valence-corrected chi connectivity index (χ2v) is 10.3. The fourth-order valence-electron chi connectivity index (χ4n) is 5.33. The average Bonchev–Trinajstić information content (AvgIpc) is 3.23. The van der Waals surface area contributed by atoms with Crippen LogP contribution in [0.25, 0.3) is 0 Å². The van der Waals surface area contributed by atoms with E-state index in [1.54, 1.807) is 18.7 Å². The van der Waals surface area contributed by atoms with Crippen LogP contribution in [0.15, 0.2) is 10.6 Å². The number of aliphatic hydroxyl groups is 1. The van der Waals surface area contributed by atoms with Crippen molar-refractivity contribution in [1.82, 2.24) is 14.7 Å². The van der Waals surface area contributed by atoms with Gasteiger partial charge >= 0.3 is 5.97 Å². The Morgan fingerprint density at radius 2 is 1.90 bits per heavy atom. The molecule has 0 aromatic heterocycles. The van der Waals surface area contributed by atoms with Crippen LogP contribution in [0.5, 0.6) is 0 Å². The second-order valence-electron chi connectivity index (χ2n) is 8.98. The minimum absolute atomic E-state index is 0.0854. The van der Waals surface area contributed by atoms with E-state index >= 15 is 0 Å². The lowest BCUT2D eigenvalue weighted by Gasteiger charge is -2.46. The van der Waals surface area contributed by atoms with E-state index in [0.29, 0.717) is 6.54 Å². The van der Waals surface area contributed by atoms with E-state index in [0.717, 1.165) is 50.3 Å². The van der Waals surface area contributed by atoms with Crippen molar-refractivity contribution in [3.8, 4) is 0 Å². The molecule has 4 heterocycles. The van der Waals surface area contributed by atoms with Crippen LogP contribution in [0.1, 0.15) is 39.5 Å². The first-order valence-electron chi connectivity index (χ1n) is 10.9. The Bertz CT molecular complexity index is 764. The van der Waals surface area contributed by atoms with Crippen LogP contribution in [0.4, 0.5) is 0 Å². The molecular weight excluding hydrogens is 406 g/mol. The summed E-state index contributed by atoms with van der Waals surface area (Å²) in [5.41, 5.74) is 0.0854. The van der Waals surface area contributed by atoms with E-state index in [1.165, 1.54) is 11.3 Å². The zero-order chi connectivity index (χ0) is 21.6. The van der Waals surface area contributed by atoms with Crippen LogP contribution in [-0.2, 0) is 14.4 Å². The summed E-state index contributed by atoms with van der Waals surface area (Å²) in [6.45, 7) is 7.24. The molecule has 3 fully saturated rings. The third-order valence-corrected chi connectivity index (χ3v) is 8.44. The van der Waals surface area contributed by atoms with Gasteiger partial charge in [-0.3, -0.25) is 14.5 Å². The molecule has 0 radical (unpaired) electrons. The van der Waals surface area contributed by atoms with E-state index in [2.05, 4.69) is 4.90 Å². The Labute approximate surface area is 181 Å². The first-order chi connectivity index (χ1) is 14.3. The van der Waals surface area contributed by atoms with Gasteiger partial charge in [0.2, 0.25) is 11.8 Å². The third-order valence-electron chi connectivity index (χ3n) is 6.90. The van der Waals surface area contributed by atoms with Gasteiger partial charge in [0.05, 0.1) is 24.6 Å². The van der Waals surface area contributed by atoms with Gasteiger partial charge in [0.15, 0.2) is 0 Å². The van der Waals surface area contributed by atoms with Gasteiger partial charge in [-0.05, 0) is 39.2 Å². The lowest BCUT2D eigenvalue weighted by atomic mass is 9.79. The first kappa shape index (κ1) is 21.6. The minimum Gasteiger partial charge on any atom is -0.477 e. The Morgan fingerprint density at radius 1 is 1.20 bits per heavy atom. The largest absolute Gasteiger partial charge is 0.477 e. The number of thioether (sulfide) groups is 1. The summed E-state index contributed by atoms with van der Waals surface area (Å²) in [7, 11) is 0. The predicted molar refractivity (Wildman–Crippen MR) is 112 cm³/mol. The smallest absolute Gasteiger partial charge is 0.353 e. The van der Waals surface area contributed by atoms with Gasteiger partial charge < -0.3 is 20.0 Å². The molecule has 8 nitrogen and oxygen atoms in total. The number of carboxylic acid groups (broad SMARTS) is 1. The van der Waals surface area contributed by atoms with Gasteiger partial charge in [-0.1, -0.05) is 6.92 Å². The summed E-state index contributed by atoms with van der Waals surface area (Å²) < 4.78 is 0. The molecule has 30 heavy (non-hydrogen) atoms. The van der Waals surface area contributed by atoms with Crippen molar-refractivity contribution >= 4 is 29.5 Å². The molecule has 2 N–H and O–H groups in total. The van der Waals surface area contributed by atoms with Crippen molar-refractivity contribution in [2.75, 3.05) is 32.7 Å². The number of amides is 2. The molecule has 0 spiro atoms. The Balaban J connectivity index is 1.40. The summed E-state index contributed by atoms with van der Waals surface area (Å²) in [6, 6.07) is -0.274. The molecule has 4 aliphatic heterocycles. The lowest BCUT2D eigenvalue weighted by Crippen LogP contribution is -2.63. The van der Waals surface area contributed by atoms with Crippen LogP contribution in [0, 0.1) is 11.8 Å². The fourth-order valence-corrected chi connectivity index (χ4v) is 6.85. The van der Waals surface area contributed by atoms with Crippen LogP contribution < -0.4 is 0 Å². The Morgan fingerprint density at radius 3 is 2.53 bits per heavy atom. The van der Waals surface area contributed by atoms with Crippen molar-refractivity contribution in [1.29, 1.82) is 0 Å². The number of rotatable bonds is 6. The van der Waals surface area contributed by atoms with Gasteiger partial charge in [0.25, 0.3) is 0 Å². The quantitative estimate of drug-likeness (QED) is 0.597. The number of fused-ring (bicyclic) bond motifs is 1. The van der Waals surface area contributed by atoms with Crippen LogP contribution in [-0.4, -0.2) is 92.8 Å². The van der Waals surface area contributed by atoms with Crippen molar-refractivity contribution in [3.63, 3.8) is 0 Å². The number of hydrogen-bond donors (Lipinski definition) is 2. The summed E-state index contributed by atoms with van der Waals surface area (Å²) in [5, 5.41) is 19.9. The number of likely N-dealkylation sites (tertiary alicyclic amines) is 2. The summed E-state index contributed by atoms with van der Waals surface area (Å²) in [5.74, 6) is -1.83. The van der Waals surface area contributed by atoms with Gasteiger partial charge in [0.1, 0.15) is 5.70 Å². The van der Waals surface area contributed by atoms with Crippen molar-refractivity contribution < 1.29 is 24.6 Å². The predicted octanol–water partition coefficient (Wildman–Crippen LogP) is 0.960. The monoisotopic (exact) mass is 437 g/mol. The number of hydrogen-bond acceptors (Lipinski definition) is 6. The van der Waals surface area contributed by atoms with Crippen LogP contribution in [0.2, 0.25) is 0 Å². The number of aliphatic hydroxyl groups excluding tert-OH is 1. The van der Waals surface area contributed by atoms with Crippen molar-refractivity contribution in [2.24, 2.45) is 11.8 Å². The number of piperidine rings is 1. The van der Waals surface area contributed by atoms with E-state index in [4.69, 9.17) is 0 Å². The molecule has 4 aliphatic rings. The normalized spacial score (nSPS) is 33.0. The van der Waals surface area contributed by atoms with Gasteiger partial charge in [-0.25, -0.2) is 4.79 Å². The summed E-state index contributed by atoms with van der Waals surface area (Å²) in [6.07, 6.45) is 3.46. The van der Waals surface area contributed by atoms with Crippen LogP contribution in [0.3, 0.4) is 0 Å². The molecule has 0 aromatic rings. The summed E-state index contributed by atoms with van der Waals surface area (Å²) in [4.78, 5) is 43.2. The highest BCUT2D eigenvalue weighted by Crippen LogP contribution is 2.51. The molecule has 166 valence electrons. The number of carboxylic acids is 1. The highest BCUT2D eigenvalue weighted by molar-refractivity contribution is 8.03. The molecule has 4 rings (SSSR count). The maximum Gasteiger partial charge on any atom is 0.353 e. The molecular formula is C21H31N3O5S. The number of carbonyl (C=O) groups is 3. The SMILES string of the molecule is C[C@@H](O)[C@H]1C(=O)N2C(C(=O)O)=C(S[C@@H]3CCN(CC(=O)N4CCCCC4)C3)[C@H](C)[C@H]12. The van der Waals surface area contributed by atoms with Gasteiger partial charge in [0, 0.05) is 35.7 Å². The topological polar surface area (TPSA) is 101 Å². The number of carbonyl (C=O) groups excluding carboxylic acids is 2. The highest BCUT2D eigenvalue weighted by atomic mass is 32.2. The Kier molecular flexibility index (Phi) is 6.14. The average molecular weight is 438 g/mol. The zero-order valence-corrected chi connectivity index (χ0v) is 18.4. The zero-order valence-electron chi connectivity index (χ0n) is 17.6. The van der Waals surface area contributed by atoms with Crippen molar-refractivity contribution in [3.05, 3.63) is 10.6 Å². The molecule has 0 bridgehead atoms. The maximum absolute atomic E-state index is 12.6. The first-order valence-corrected chi connectivity index (χ1v) is 11.8. The standard InChI is InChI=1S/C21H31N3O5S/c1-12-17-16(13(2)25)20(27)24(17)18(21(28)29)19(12)30-14-6-9-22(10-14)11-15(26)23-7-4-3-5-8-23/h12-14,16-17,25H,3-11H2,1-2H3,(H,28,29)/t12-,13-,14-,16-,17-/m1/s1. The molecule has 3 saturated heterocycles. The Hall–Kier alpha value is -1.58. The van der Waals surface area contributed by atoms with E-state index in [9.17, 15) is 24.6 Å². The highest BCUT2D eigenvalue weighted by Gasteiger charge is 2.60. The van der Waals surface area contributed by atoms with Gasteiger partial charge in [-0.2, -0.15) is 0 Å². The minimum atomic E-state index is -1.08. The summed E-state index contributed by atoms with van der Waals surface area (Å²) >= 11 is 1.55. The van der Waals surface area contributed by atoms with Crippen LogP contribution >= 0.6 is 11.8 Å². The van der Waals surface area contributed by atoms with E-state index in [1.807, 2.05) is 11.8 Å². The maximum atomic E-state index is 12.6. The fraction of sp³-hybridized carbons (Fsp3) is 0.762. The molecule has 5 atom stereocenters. The molecule has 0 aromatic carbocycles. The molecule has 0 saturated carbocycles. The molecule has 0 aliphatic carbocycles. The molecule has 2 amide bonds.